The van der Waals surface area contributed by atoms with Gasteiger partial charge >= 0.3 is 0 Å². The van der Waals surface area contributed by atoms with Crippen LogP contribution in [0.1, 0.15) is 20.7 Å². The Morgan fingerprint density at radius 3 is 2.15 bits per heavy atom. The number of rotatable bonds is 1. The van der Waals surface area contributed by atoms with Gasteiger partial charge in [0.05, 0.1) is 26.3 Å². The molecule has 0 spiro atoms. The maximum atomic E-state index is 13.6. The number of nitrogens with zero attached hydrogens (tertiary/aromatic N) is 1. The summed E-state index contributed by atoms with van der Waals surface area (Å²) < 4.78 is 13.8. The first-order chi connectivity index (χ1) is 9.50. The van der Waals surface area contributed by atoms with Gasteiger partial charge in [0.25, 0.3) is 11.8 Å². The Hall–Kier alpha value is -1.72. The van der Waals surface area contributed by atoms with Crippen LogP contribution in [-0.4, -0.2) is 11.8 Å². The normalized spacial score (nSPS) is 13.8. The van der Waals surface area contributed by atoms with Crippen molar-refractivity contribution in [1.29, 1.82) is 0 Å². The Morgan fingerprint density at radius 2 is 1.60 bits per heavy atom. The molecule has 0 radical (unpaired) electrons. The fourth-order valence-electron chi connectivity index (χ4n) is 2.09. The Kier molecular flexibility index (Phi) is 3.11. The first-order valence-corrected chi connectivity index (χ1v) is 6.80. The summed E-state index contributed by atoms with van der Waals surface area (Å²) in [5, 5.41) is 0.118. The van der Waals surface area contributed by atoms with E-state index in [1.54, 1.807) is 24.3 Å². The second-order valence-corrected chi connectivity index (χ2v) is 5.47. The molecule has 3 rings (SSSR count). The molecule has 100 valence electrons. The molecule has 0 bridgehead atoms. The Morgan fingerprint density at radius 1 is 1.05 bits per heavy atom. The minimum absolute atomic E-state index is 0.0403. The molecular weight excluding hydrogens is 349 g/mol. The van der Waals surface area contributed by atoms with Crippen molar-refractivity contribution in [3.8, 4) is 0 Å². The summed E-state index contributed by atoms with van der Waals surface area (Å²) >= 11 is 9.01. The van der Waals surface area contributed by atoms with Gasteiger partial charge in [-0.05, 0) is 34.1 Å². The van der Waals surface area contributed by atoms with E-state index in [4.69, 9.17) is 11.6 Å². The molecule has 3 nitrogen and oxygen atoms in total. The summed E-state index contributed by atoms with van der Waals surface area (Å²) in [6, 6.07) is 8.82. The van der Waals surface area contributed by atoms with Gasteiger partial charge in [0.1, 0.15) is 5.82 Å². The minimum Gasteiger partial charge on any atom is -0.268 e. The zero-order valence-corrected chi connectivity index (χ0v) is 12.2. The van der Waals surface area contributed by atoms with E-state index >= 15 is 0 Å². The summed E-state index contributed by atoms with van der Waals surface area (Å²) in [7, 11) is 0. The van der Waals surface area contributed by atoms with Gasteiger partial charge in [0.2, 0.25) is 0 Å². The van der Waals surface area contributed by atoms with Crippen molar-refractivity contribution in [2.45, 2.75) is 0 Å². The van der Waals surface area contributed by atoms with Crippen molar-refractivity contribution in [2.75, 3.05) is 4.90 Å². The largest absolute Gasteiger partial charge is 0.268 e. The van der Waals surface area contributed by atoms with E-state index in [0.717, 1.165) is 11.0 Å². The molecule has 0 saturated carbocycles. The molecule has 1 aliphatic heterocycles. The topological polar surface area (TPSA) is 37.4 Å². The van der Waals surface area contributed by atoms with E-state index in [1.807, 2.05) is 0 Å². The third kappa shape index (κ3) is 1.85. The Bertz CT molecular complexity index is 728. The van der Waals surface area contributed by atoms with Crippen LogP contribution in [0.15, 0.2) is 40.9 Å². The van der Waals surface area contributed by atoms with Gasteiger partial charge in [0.15, 0.2) is 0 Å². The van der Waals surface area contributed by atoms with Crippen LogP contribution in [0.5, 0.6) is 0 Å². The van der Waals surface area contributed by atoms with Crippen molar-refractivity contribution in [1.82, 2.24) is 0 Å². The molecule has 0 atom stereocenters. The van der Waals surface area contributed by atoms with E-state index < -0.39 is 17.6 Å². The number of amides is 2. The van der Waals surface area contributed by atoms with E-state index in [2.05, 4.69) is 15.9 Å². The van der Waals surface area contributed by atoms with Crippen LogP contribution in [0.2, 0.25) is 5.02 Å². The lowest BCUT2D eigenvalue weighted by molar-refractivity contribution is 0.0926. The zero-order chi connectivity index (χ0) is 14.4. The third-order valence-corrected chi connectivity index (χ3v) is 3.94. The number of hydrogen-bond donors (Lipinski definition) is 0. The molecule has 2 amide bonds. The average molecular weight is 355 g/mol. The number of carbonyl (C=O) groups excluding carboxylic acids is 2. The van der Waals surface area contributed by atoms with Crippen molar-refractivity contribution in [2.24, 2.45) is 0 Å². The number of carbonyl (C=O) groups is 2. The van der Waals surface area contributed by atoms with Gasteiger partial charge in [-0.1, -0.05) is 23.7 Å². The zero-order valence-electron chi connectivity index (χ0n) is 9.86. The van der Waals surface area contributed by atoms with Crippen LogP contribution in [0.25, 0.3) is 0 Å². The number of imide groups is 1. The highest BCUT2D eigenvalue weighted by atomic mass is 79.9. The Balaban J connectivity index is 2.17. The van der Waals surface area contributed by atoms with Gasteiger partial charge in [-0.2, -0.15) is 0 Å². The molecular formula is C14H6BrClFNO2. The highest BCUT2D eigenvalue weighted by Gasteiger charge is 2.37. The predicted octanol–water partition coefficient (Wildman–Crippen LogP) is 4.04. The smallest absolute Gasteiger partial charge is 0.266 e. The van der Waals surface area contributed by atoms with Crippen LogP contribution >= 0.6 is 27.5 Å². The maximum Gasteiger partial charge on any atom is 0.266 e. The average Bonchev–Trinajstić information content (AvgIpc) is 2.68. The van der Waals surface area contributed by atoms with Gasteiger partial charge in [-0.3, -0.25) is 9.59 Å². The third-order valence-electron chi connectivity index (χ3n) is 3.02. The lowest BCUT2D eigenvalue weighted by Gasteiger charge is -2.16. The number of benzene rings is 2. The molecule has 0 aromatic heterocycles. The molecule has 0 fully saturated rings. The van der Waals surface area contributed by atoms with Crippen molar-refractivity contribution >= 4 is 45.0 Å². The van der Waals surface area contributed by atoms with Gasteiger partial charge < -0.3 is 0 Å². The van der Waals surface area contributed by atoms with E-state index in [-0.39, 0.29) is 26.3 Å². The highest BCUT2D eigenvalue weighted by molar-refractivity contribution is 9.10. The summed E-state index contributed by atoms with van der Waals surface area (Å²) in [6.45, 7) is 0. The van der Waals surface area contributed by atoms with Crippen molar-refractivity contribution in [3.63, 3.8) is 0 Å². The fourth-order valence-corrected chi connectivity index (χ4v) is 2.81. The molecule has 6 heteroatoms. The summed E-state index contributed by atoms with van der Waals surface area (Å²) in [6.07, 6.45) is 0. The molecule has 1 aliphatic rings. The van der Waals surface area contributed by atoms with Crippen LogP contribution in [0.4, 0.5) is 10.1 Å². The minimum atomic E-state index is -0.596. The fraction of sp³-hybridized carbons (Fsp3) is 0. The SMILES string of the molecule is O=C1c2ccccc2C(=O)N1c1cc(F)c(Br)cc1Cl. The van der Waals surface area contributed by atoms with E-state index in [9.17, 15) is 14.0 Å². The van der Waals surface area contributed by atoms with E-state index in [1.165, 1.54) is 6.07 Å². The molecule has 0 N–H and O–H groups in total. The van der Waals surface area contributed by atoms with Crippen molar-refractivity contribution in [3.05, 3.63) is 62.8 Å². The first kappa shape index (κ1) is 13.3. The lowest BCUT2D eigenvalue weighted by atomic mass is 10.1. The first-order valence-electron chi connectivity index (χ1n) is 5.63. The molecule has 20 heavy (non-hydrogen) atoms. The van der Waals surface area contributed by atoms with E-state index in [0.29, 0.717) is 0 Å². The number of halogens is 3. The second-order valence-electron chi connectivity index (χ2n) is 4.21. The predicted molar refractivity (Wildman–Crippen MR) is 76.7 cm³/mol. The van der Waals surface area contributed by atoms with Crippen LogP contribution in [0, 0.1) is 5.82 Å². The summed E-state index contributed by atoms with van der Waals surface area (Å²) in [5.41, 5.74) is 0.618. The molecule has 0 saturated heterocycles. The maximum absolute atomic E-state index is 13.6. The lowest BCUT2D eigenvalue weighted by Crippen LogP contribution is -2.29. The summed E-state index contributed by atoms with van der Waals surface area (Å²) in [5.74, 6) is -1.61. The van der Waals surface area contributed by atoms with Gasteiger partial charge in [0, 0.05) is 6.07 Å². The molecule has 2 aromatic rings. The number of fused-ring (bicyclic) bond motifs is 1. The molecule has 0 aliphatic carbocycles. The van der Waals surface area contributed by atoms with Crippen LogP contribution in [0.3, 0.4) is 0 Å². The second kappa shape index (κ2) is 4.68. The van der Waals surface area contributed by atoms with Crippen molar-refractivity contribution < 1.29 is 14.0 Å². The molecule has 0 unspecified atom stereocenters. The van der Waals surface area contributed by atoms with Gasteiger partial charge in [-0.25, -0.2) is 9.29 Å². The molecule has 1 heterocycles. The summed E-state index contributed by atoms with van der Waals surface area (Å²) in [4.78, 5) is 25.4. The molecule has 2 aromatic carbocycles. The Labute approximate surface area is 127 Å². The number of anilines is 1. The standard InChI is InChI=1S/C14H6BrClFNO2/c15-9-5-10(16)12(6-11(9)17)18-13(19)7-3-1-2-4-8(7)14(18)20/h1-6H. The highest BCUT2D eigenvalue weighted by Crippen LogP contribution is 2.36. The van der Waals surface area contributed by atoms with Gasteiger partial charge in [-0.15, -0.1) is 0 Å². The van der Waals surface area contributed by atoms with Crippen LogP contribution in [-0.2, 0) is 0 Å². The quantitative estimate of drug-likeness (QED) is 0.572. The van der Waals surface area contributed by atoms with Crippen LogP contribution < -0.4 is 4.90 Å². The monoisotopic (exact) mass is 353 g/mol. The number of hydrogen-bond acceptors (Lipinski definition) is 2.